The van der Waals surface area contributed by atoms with Gasteiger partial charge in [0, 0.05) is 42.9 Å². The van der Waals surface area contributed by atoms with Crippen molar-refractivity contribution in [2.75, 3.05) is 13.7 Å². The molecule has 2 aromatic carbocycles. The molecule has 1 saturated heterocycles. The molecule has 0 radical (unpaired) electrons. The molecule has 5 rings (SSSR count). The minimum atomic E-state index is -0.409. The predicted octanol–water partition coefficient (Wildman–Crippen LogP) is 5.55. The number of aromatic nitrogens is 1. The Balaban J connectivity index is 1.44. The number of aryl methyl sites for hydroxylation is 1. The van der Waals surface area contributed by atoms with Crippen molar-refractivity contribution in [3.05, 3.63) is 94.6 Å². The molecule has 178 valence electrons. The molecule has 1 aliphatic heterocycles. The maximum absolute atomic E-state index is 13.4. The van der Waals surface area contributed by atoms with Crippen molar-refractivity contribution in [1.82, 2.24) is 9.88 Å². The number of hydrogen-bond donors (Lipinski definition) is 0. The van der Waals surface area contributed by atoms with Gasteiger partial charge in [0.15, 0.2) is 0 Å². The molecule has 0 N–H and O–H groups in total. The van der Waals surface area contributed by atoms with E-state index in [1.165, 1.54) is 6.07 Å². The number of amides is 1. The fourth-order valence-corrected chi connectivity index (χ4v) is 5.01. The molecular formula is C29H28N2O4. The average Bonchev–Trinajstić information content (AvgIpc) is 2.91. The molecule has 4 aromatic rings. The number of rotatable bonds is 6. The first-order chi connectivity index (χ1) is 17.1. The van der Waals surface area contributed by atoms with Gasteiger partial charge in [0.05, 0.1) is 13.2 Å². The van der Waals surface area contributed by atoms with Gasteiger partial charge in [-0.1, -0.05) is 36.4 Å². The molecule has 35 heavy (non-hydrogen) atoms. The van der Waals surface area contributed by atoms with Gasteiger partial charge in [0.1, 0.15) is 11.3 Å². The first-order valence-corrected chi connectivity index (χ1v) is 12.0. The summed E-state index contributed by atoms with van der Waals surface area (Å²) in [5.41, 5.74) is 3.80. The molecule has 6 heteroatoms. The van der Waals surface area contributed by atoms with Crippen LogP contribution in [0.25, 0.3) is 22.1 Å². The van der Waals surface area contributed by atoms with Gasteiger partial charge < -0.3 is 14.1 Å². The van der Waals surface area contributed by atoms with Crippen molar-refractivity contribution < 1.29 is 13.9 Å². The molecule has 0 bridgehead atoms. The summed E-state index contributed by atoms with van der Waals surface area (Å²) in [5, 5.41) is 0.824. The summed E-state index contributed by atoms with van der Waals surface area (Å²) in [7, 11) is 1.59. The molecule has 0 unspecified atom stereocenters. The van der Waals surface area contributed by atoms with E-state index in [1.54, 1.807) is 19.4 Å². The molecule has 2 aromatic heterocycles. The highest BCUT2D eigenvalue weighted by atomic mass is 16.5. The monoisotopic (exact) mass is 468 g/mol. The summed E-state index contributed by atoms with van der Waals surface area (Å²) in [6.45, 7) is 0.760. The number of ether oxygens (including phenoxy) is 1. The standard InChI is InChI=1S/C29H28N2O4/c1-34-26-18-27-24(23(17-29(33)35-27)20-8-3-2-4-9-20)16-21(26)12-13-28(32)31-15-6-5-11-25(31)22-10-7-14-30-19-22/h2-4,7-10,14,16-19,25H,5-6,11-13,15H2,1H3/t25-/m1/s1. The Labute approximate surface area is 204 Å². The van der Waals surface area contributed by atoms with Crippen LogP contribution in [0.1, 0.15) is 42.9 Å². The second-order valence-electron chi connectivity index (χ2n) is 8.89. The van der Waals surface area contributed by atoms with E-state index < -0.39 is 5.63 Å². The Morgan fingerprint density at radius 3 is 2.74 bits per heavy atom. The molecular weight excluding hydrogens is 440 g/mol. The van der Waals surface area contributed by atoms with Crippen LogP contribution in [-0.4, -0.2) is 29.4 Å². The zero-order valence-electron chi connectivity index (χ0n) is 19.8. The largest absolute Gasteiger partial charge is 0.496 e. The maximum Gasteiger partial charge on any atom is 0.336 e. The number of carbonyl (C=O) groups excluding carboxylic acids is 1. The van der Waals surface area contributed by atoms with Crippen molar-refractivity contribution in [2.24, 2.45) is 0 Å². The second kappa shape index (κ2) is 10.1. The van der Waals surface area contributed by atoms with Crippen LogP contribution < -0.4 is 10.4 Å². The van der Waals surface area contributed by atoms with E-state index in [1.807, 2.05) is 53.6 Å². The number of pyridine rings is 1. The van der Waals surface area contributed by atoms with Gasteiger partial charge in [-0.15, -0.1) is 0 Å². The third-order valence-electron chi connectivity index (χ3n) is 6.73. The van der Waals surface area contributed by atoms with E-state index in [0.29, 0.717) is 24.2 Å². The number of hydrogen-bond acceptors (Lipinski definition) is 5. The van der Waals surface area contributed by atoms with Crippen LogP contribution in [0.15, 0.2) is 82.3 Å². The van der Waals surface area contributed by atoms with Crippen molar-refractivity contribution >= 4 is 16.9 Å². The van der Waals surface area contributed by atoms with Gasteiger partial charge in [0.25, 0.3) is 0 Å². The molecule has 1 amide bonds. The lowest BCUT2D eigenvalue weighted by atomic mass is 9.95. The Morgan fingerprint density at radius 2 is 1.97 bits per heavy atom. The highest BCUT2D eigenvalue weighted by Gasteiger charge is 2.28. The highest BCUT2D eigenvalue weighted by Crippen LogP contribution is 2.34. The SMILES string of the molecule is COc1cc2oc(=O)cc(-c3ccccc3)c2cc1CCC(=O)N1CCCC[C@@H]1c1cccnc1. The predicted molar refractivity (Wildman–Crippen MR) is 135 cm³/mol. The van der Waals surface area contributed by atoms with Gasteiger partial charge in [-0.25, -0.2) is 4.79 Å². The van der Waals surface area contributed by atoms with Gasteiger partial charge in [-0.3, -0.25) is 9.78 Å². The number of carbonyl (C=O) groups is 1. The van der Waals surface area contributed by atoms with Crippen LogP contribution in [0.2, 0.25) is 0 Å². The zero-order chi connectivity index (χ0) is 24.2. The fourth-order valence-electron chi connectivity index (χ4n) is 5.01. The molecule has 1 atom stereocenters. The van der Waals surface area contributed by atoms with Crippen molar-refractivity contribution in [2.45, 2.75) is 38.1 Å². The molecule has 1 aliphatic rings. The van der Waals surface area contributed by atoms with E-state index in [-0.39, 0.29) is 11.9 Å². The lowest BCUT2D eigenvalue weighted by Crippen LogP contribution is -2.38. The molecule has 1 fully saturated rings. The first-order valence-electron chi connectivity index (χ1n) is 12.0. The molecule has 0 saturated carbocycles. The summed E-state index contributed by atoms with van der Waals surface area (Å²) < 4.78 is 11.1. The minimum absolute atomic E-state index is 0.0717. The summed E-state index contributed by atoms with van der Waals surface area (Å²) >= 11 is 0. The smallest absolute Gasteiger partial charge is 0.336 e. The van der Waals surface area contributed by atoms with Gasteiger partial charge in [-0.2, -0.15) is 0 Å². The van der Waals surface area contributed by atoms with Crippen LogP contribution in [0, 0.1) is 0 Å². The van der Waals surface area contributed by atoms with Crippen LogP contribution in [0.5, 0.6) is 5.75 Å². The zero-order valence-corrected chi connectivity index (χ0v) is 19.8. The number of fused-ring (bicyclic) bond motifs is 1. The number of benzene rings is 2. The summed E-state index contributed by atoms with van der Waals surface area (Å²) in [4.78, 5) is 31.8. The summed E-state index contributed by atoms with van der Waals surface area (Å²) in [5.74, 6) is 0.740. The van der Waals surface area contributed by atoms with Crippen LogP contribution >= 0.6 is 0 Å². The number of nitrogens with zero attached hydrogens (tertiary/aromatic N) is 2. The highest BCUT2D eigenvalue weighted by molar-refractivity contribution is 5.94. The van der Waals surface area contributed by atoms with Crippen LogP contribution in [-0.2, 0) is 11.2 Å². The van der Waals surface area contributed by atoms with Crippen molar-refractivity contribution in [3.63, 3.8) is 0 Å². The normalized spacial score (nSPS) is 15.8. The lowest BCUT2D eigenvalue weighted by Gasteiger charge is -2.36. The molecule has 0 spiro atoms. The van der Waals surface area contributed by atoms with Crippen molar-refractivity contribution in [1.29, 1.82) is 0 Å². The quantitative estimate of drug-likeness (QED) is 0.347. The topological polar surface area (TPSA) is 72.6 Å². The van der Waals surface area contributed by atoms with E-state index >= 15 is 0 Å². The van der Waals surface area contributed by atoms with E-state index in [2.05, 4.69) is 11.1 Å². The van der Waals surface area contributed by atoms with E-state index in [0.717, 1.165) is 53.4 Å². The Kier molecular flexibility index (Phi) is 6.62. The third kappa shape index (κ3) is 4.83. The number of likely N-dealkylation sites (tertiary alicyclic amines) is 1. The van der Waals surface area contributed by atoms with Crippen LogP contribution in [0.3, 0.4) is 0 Å². The van der Waals surface area contributed by atoms with Gasteiger partial charge >= 0.3 is 5.63 Å². The Bertz CT molecular complexity index is 1380. The molecule has 0 aliphatic carbocycles. The second-order valence-corrected chi connectivity index (χ2v) is 8.89. The maximum atomic E-state index is 13.4. The van der Waals surface area contributed by atoms with E-state index in [4.69, 9.17) is 9.15 Å². The van der Waals surface area contributed by atoms with E-state index in [9.17, 15) is 9.59 Å². The Morgan fingerprint density at radius 1 is 1.11 bits per heavy atom. The van der Waals surface area contributed by atoms with Gasteiger partial charge in [-0.05, 0) is 60.1 Å². The minimum Gasteiger partial charge on any atom is -0.496 e. The molecule has 3 heterocycles. The lowest BCUT2D eigenvalue weighted by molar-refractivity contribution is -0.135. The fraction of sp³-hybridized carbons (Fsp3) is 0.276. The summed E-state index contributed by atoms with van der Waals surface area (Å²) in [6, 6.07) is 19.1. The third-order valence-corrected chi connectivity index (χ3v) is 6.73. The number of piperidine rings is 1. The average molecular weight is 469 g/mol. The summed E-state index contributed by atoms with van der Waals surface area (Å²) in [6.07, 6.45) is 7.60. The van der Waals surface area contributed by atoms with Gasteiger partial charge in [0.2, 0.25) is 5.91 Å². The van der Waals surface area contributed by atoms with Crippen molar-refractivity contribution in [3.8, 4) is 16.9 Å². The van der Waals surface area contributed by atoms with Crippen LogP contribution in [0.4, 0.5) is 0 Å². The first kappa shape index (κ1) is 22.8. The molecule has 6 nitrogen and oxygen atoms in total. The Hall–Kier alpha value is -3.93. The number of methoxy groups -OCH3 is 1.